The quantitative estimate of drug-likeness (QED) is 0.180. The number of aryl methyl sites for hydroxylation is 1. The molecule has 5 nitrogen and oxygen atoms in total. The van der Waals surface area contributed by atoms with Crippen LogP contribution in [-0.2, 0) is 19.4 Å². The summed E-state index contributed by atoms with van der Waals surface area (Å²) in [5.41, 5.74) is 6.20. The first-order valence-corrected chi connectivity index (χ1v) is 14.8. The summed E-state index contributed by atoms with van der Waals surface area (Å²) >= 11 is 0. The molecule has 210 valence electrons. The van der Waals surface area contributed by atoms with Crippen LogP contribution >= 0.6 is 0 Å². The largest absolute Gasteiger partial charge is 0.508 e. The molecule has 0 saturated heterocycles. The molecule has 0 heterocycles. The van der Waals surface area contributed by atoms with E-state index in [0.29, 0.717) is 24.0 Å². The van der Waals surface area contributed by atoms with Crippen molar-refractivity contribution >= 4 is 5.69 Å². The van der Waals surface area contributed by atoms with Crippen LogP contribution in [0.1, 0.15) is 74.1 Å². The lowest BCUT2D eigenvalue weighted by Crippen LogP contribution is -2.25. The van der Waals surface area contributed by atoms with Crippen molar-refractivity contribution in [2.24, 2.45) is 0 Å². The lowest BCUT2D eigenvalue weighted by atomic mass is 9.88. The summed E-state index contributed by atoms with van der Waals surface area (Å²) in [6.07, 6.45) is 7.90. The number of fused-ring (bicyclic) bond motifs is 1. The van der Waals surface area contributed by atoms with Gasteiger partial charge in [0.15, 0.2) is 0 Å². The zero-order chi connectivity index (χ0) is 27.6. The number of hydrogen-bond donors (Lipinski definition) is 2. The van der Waals surface area contributed by atoms with E-state index >= 15 is 0 Å². The van der Waals surface area contributed by atoms with E-state index in [2.05, 4.69) is 67.1 Å². The van der Waals surface area contributed by atoms with Crippen LogP contribution in [0.3, 0.4) is 0 Å². The average Bonchev–Trinajstić information content (AvgIpc) is 3.14. The van der Waals surface area contributed by atoms with Crippen LogP contribution in [-0.4, -0.2) is 48.4 Å². The predicted octanol–water partition coefficient (Wildman–Crippen LogP) is 7.29. The second-order valence-electron chi connectivity index (χ2n) is 11.0. The Hall–Kier alpha value is -3.18. The molecule has 2 N–H and O–H groups in total. The number of ether oxygens (including phenoxy) is 1. The van der Waals surface area contributed by atoms with Gasteiger partial charge >= 0.3 is 0 Å². The molecule has 5 heteroatoms. The minimum atomic E-state index is 0.301. The molecule has 1 aliphatic rings. The molecule has 3 aromatic rings. The normalized spacial score (nSPS) is 15.1. The van der Waals surface area contributed by atoms with Gasteiger partial charge in [-0.2, -0.15) is 0 Å². The Labute approximate surface area is 235 Å². The number of hydrogen-bond acceptors (Lipinski definition) is 5. The molecule has 0 radical (unpaired) electrons. The van der Waals surface area contributed by atoms with E-state index in [1.807, 2.05) is 18.2 Å². The van der Waals surface area contributed by atoms with Crippen LogP contribution < -0.4 is 9.64 Å². The number of phenolic OH excluding ortho intramolecular Hbond substituents is 2. The minimum Gasteiger partial charge on any atom is -0.508 e. The van der Waals surface area contributed by atoms with Gasteiger partial charge in [0, 0.05) is 31.4 Å². The molecule has 0 aromatic heterocycles. The van der Waals surface area contributed by atoms with Crippen LogP contribution in [0.25, 0.3) is 0 Å². The zero-order valence-corrected chi connectivity index (χ0v) is 24.0. The summed E-state index contributed by atoms with van der Waals surface area (Å²) in [6, 6.07) is 20.1. The van der Waals surface area contributed by atoms with Gasteiger partial charge in [0.1, 0.15) is 23.9 Å². The Bertz CT molecular complexity index is 1180. The van der Waals surface area contributed by atoms with Crippen molar-refractivity contribution in [3.8, 4) is 17.2 Å². The first-order valence-electron chi connectivity index (χ1n) is 14.8. The maximum absolute atomic E-state index is 10.4. The van der Waals surface area contributed by atoms with Crippen molar-refractivity contribution in [2.45, 2.75) is 71.3 Å². The molecular weight excluding hydrogens is 484 g/mol. The highest BCUT2D eigenvalue weighted by Crippen LogP contribution is 2.39. The summed E-state index contributed by atoms with van der Waals surface area (Å²) in [5, 5.41) is 20.4. The SMILES string of the molecule is CCCCCN(C)CCOc1ccc(CN(CC)c2cc(O)ccc2C2CCCc3cc(O)ccc3C2)cc1. The fourth-order valence-corrected chi connectivity index (χ4v) is 5.71. The molecule has 3 aromatic carbocycles. The summed E-state index contributed by atoms with van der Waals surface area (Å²) in [7, 11) is 2.16. The first kappa shape index (κ1) is 28.8. The zero-order valence-electron chi connectivity index (χ0n) is 24.0. The number of aromatic hydroxyl groups is 2. The van der Waals surface area contributed by atoms with E-state index in [1.54, 1.807) is 6.07 Å². The van der Waals surface area contributed by atoms with Gasteiger partial charge in [0.05, 0.1) is 0 Å². The predicted molar refractivity (Wildman–Crippen MR) is 161 cm³/mol. The van der Waals surface area contributed by atoms with Gasteiger partial charge in [-0.3, -0.25) is 0 Å². The maximum atomic E-state index is 10.4. The van der Waals surface area contributed by atoms with Crippen LogP contribution in [0.2, 0.25) is 0 Å². The third-order valence-corrected chi connectivity index (χ3v) is 8.01. The van der Waals surface area contributed by atoms with Crippen LogP contribution in [0, 0.1) is 0 Å². The molecule has 0 saturated carbocycles. The highest BCUT2D eigenvalue weighted by Gasteiger charge is 2.23. The molecule has 0 spiro atoms. The van der Waals surface area contributed by atoms with Gasteiger partial charge in [-0.05, 0) is 111 Å². The molecule has 1 aliphatic carbocycles. The van der Waals surface area contributed by atoms with Gasteiger partial charge in [-0.15, -0.1) is 0 Å². The van der Waals surface area contributed by atoms with Crippen molar-refractivity contribution in [3.63, 3.8) is 0 Å². The fourth-order valence-electron chi connectivity index (χ4n) is 5.71. The van der Waals surface area contributed by atoms with Crippen LogP contribution in [0.15, 0.2) is 60.7 Å². The van der Waals surface area contributed by atoms with Crippen molar-refractivity contribution in [2.75, 3.05) is 38.2 Å². The van der Waals surface area contributed by atoms with Gasteiger partial charge in [-0.1, -0.05) is 44.0 Å². The lowest BCUT2D eigenvalue weighted by Gasteiger charge is -2.29. The topological polar surface area (TPSA) is 56.2 Å². The third-order valence-electron chi connectivity index (χ3n) is 8.01. The van der Waals surface area contributed by atoms with Crippen molar-refractivity contribution < 1.29 is 14.9 Å². The molecule has 0 bridgehead atoms. The van der Waals surface area contributed by atoms with Gasteiger partial charge in [0.2, 0.25) is 0 Å². The number of nitrogens with zero attached hydrogens (tertiary/aromatic N) is 2. The van der Waals surface area contributed by atoms with Gasteiger partial charge in [-0.25, -0.2) is 0 Å². The minimum absolute atomic E-state index is 0.301. The molecule has 4 rings (SSSR count). The molecule has 1 unspecified atom stereocenters. The molecule has 0 amide bonds. The number of anilines is 1. The summed E-state index contributed by atoms with van der Waals surface area (Å²) in [5.74, 6) is 1.93. The van der Waals surface area contributed by atoms with Crippen molar-refractivity contribution in [1.29, 1.82) is 0 Å². The van der Waals surface area contributed by atoms with Gasteiger partial charge in [0.25, 0.3) is 0 Å². The van der Waals surface area contributed by atoms with Crippen LogP contribution in [0.5, 0.6) is 17.2 Å². The number of unbranched alkanes of at least 4 members (excludes halogenated alkanes) is 2. The molecule has 39 heavy (non-hydrogen) atoms. The van der Waals surface area contributed by atoms with E-state index in [-0.39, 0.29) is 0 Å². The summed E-state index contributed by atoms with van der Waals surface area (Å²) < 4.78 is 6.01. The number of rotatable bonds is 13. The lowest BCUT2D eigenvalue weighted by molar-refractivity contribution is 0.235. The van der Waals surface area contributed by atoms with E-state index in [4.69, 9.17) is 4.74 Å². The Kier molecular flexibility index (Phi) is 10.5. The van der Waals surface area contributed by atoms with Crippen molar-refractivity contribution in [3.05, 3.63) is 82.9 Å². The van der Waals surface area contributed by atoms with Gasteiger partial charge < -0.3 is 24.7 Å². The number of phenols is 2. The Morgan fingerprint density at radius 1 is 0.872 bits per heavy atom. The van der Waals surface area contributed by atoms with Crippen molar-refractivity contribution in [1.82, 2.24) is 4.90 Å². The van der Waals surface area contributed by atoms with E-state index < -0.39 is 0 Å². The Morgan fingerprint density at radius 2 is 1.64 bits per heavy atom. The number of benzene rings is 3. The molecular formula is C34H46N2O3. The van der Waals surface area contributed by atoms with E-state index in [0.717, 1.165) is 63.3 Å². The Morgan fingerprint density at radius 3 is 2.41 bits per heavy atom. The average molecular weight is 531 g/mol. The summed E-state index contributed by atoms with van der Waals surface area (Å²) in [4.78, 5) is 4.70. The fraction of sp³-hybridized carbons (Fsp3) is 0.471. The summed E-state index contributed by atoms with van der Waals surface area (Å²) in [6.45, 7) is 8.77. The third kappa shape index (κ3) is 8.15. The second kappa shape index (κ2) is 14.3. The smallest absolute Gasteiger partial charge is 0.119 e. The van der Waals surface area contributed by atoms with E-state index in [1.165, 1.54) is 41.5 Å². The second-order valence-corrected chi connectivity index (χ2v) is 11.0. The van der Waals surface area contributed by atoms with E-state index in [9.17, 15) is 10.2 Å². The van der Waals surface area contributed by atoms with Crippen LogP contribution in [0.4, 0.5) is 5.69 Å². The highest BCUT2D eigenvalue weighted by molar-refractivity contribution is 5.59. The molecule has 0 aliphatic heterocycles. The maximum Gasteiger partial charge on any atom is 0.119 e. The standard InChI is InChI=1S/C34H46N2O3/c1-4-6-7-19-35(3)20-21-39-32-16-11-26(12-17-32)25-36(5-2)34-24-31(38)15-18-33(34)29-10-8-9-27-23-30(37)14-13-28(27)22-29/h11-18,23-24,29,37-38H,4-10,19-22,25H2,1-3H3. The Balaban J connectivity index is 1.42. The number of likely N-dealkylation sites (N-methyl/N-ethyl adjacent to an activating group) is 1. The molecule has 1 atom stereocenters. The highest BCUT2D eigenvalue weighted by atomic mass is 16.5. The molecule has 0 fully saturated rings. The first-order chi connectivity index (χ1) is 19.0. The monoisotopic (exact) mass is 530 g/mol.